The van der Waals surface area contributed by atoms with Crippen LogP contribution in [0.3, 0.4) is 0 Å². The molecule has 1 amide bonds. The lowest BCUT2D eigenvalue weighted by atomic mass is 9.94. The number of alkyl carbamates (subject to hydrolysis) is 1. The quantitative estimate of drug-likeness (QED) is 0.900. The second-order valence-electron chi connectivity index (χ2n) is 6.77. The maximum atomic E-state index is 11.9. The lowest BCUT2D eigenvalue weighted by molar-refractivity contribution is 0.122. The Morgan fingerprint density at radius 1 is 1.09 bits per heavy atom. The molecular weight excluding hydrogens is 288 g/mol. The molecule has 1 aliphatic carbocycles. The molecule has 1 saturated carbocycles. The van der Waals surface area contributed by atoms with Crippen molar-refractivity contribution in [1.29, 1.82) is 0 Å². The van der Waals surface area contributed by atoms with Gasteiger partial charge in [0.2, 0.25) is 0 Å². The van der Waals surface area contributed by atoms with Gasteiger partial charge < -0.3 is 10.1 Å². The first-order valence-corrected chi connectivity index (χ1v) is 9.03. The third-order valence-electron chi connectivity index (χ3n) is 5.16. The highest BCUT2D eigenvalue weighted by Crippen LogP contribution is 2.28. The molecule has 3 rings (SSSR count). The number of ether oxygens (including phenoxy) is 1. The van der Waals surface area contributed by atoms with Crippen LogP contribution in [0.1, 0.15) is 50.5 Å². The van der Waals surface area contributed by atoms with Crippen LogP contribution >= 0.6 is 0 Å². The second-order valence-corrected chi connectivity index (χ2v) is 6.77. The minimum absolute atomic E-state index is 0.302. The summed E-state index contributed by atoms with van der Waals surface area (Å²) in [7, 11) is 0. The molecule has 2 aliphatic rings. The van der Waals surface area contributed by atoms with E-state index in [0.717, 1.165) is 11.6 Å². The molecule has 23 heavy (non-hydrogen) atoms. The first kappa shape index (κ1) is 16.3. The Labute approximate surface area is 139 Å². The molecule has 126 valence electrons. The van der Waals surface area contributed by atoms with Crippen LogP contribution in [0.15, 0.2) is 30.3 Å². The molecule has 0 spiro atoms. The molecule has 1 aliphatic heterocycles. The smallest absolute Gasteiger partial charge is 0.407 e. The maximum Gasteiger partial charge on any atom is 0.407 e. The Kier molecular flexibility index (Phi) is 5.92. The Morgan fingerprint density at radius 2 is 1.87 bits per heavy atom. The topological polar surface area (TPSA) is 41.6 Å². The molecule has 2 fully saturated rings. The van der Waals surface area contributed by atoms with Crippen LogP contribution in [0.5, 0.6) is 0 Å². The fourth-order valence-corrected chi connectivity index (χ4v) is 3.95. The fourth-order valence-electron chi connectivity index (χ4n) is 3.95. The summed E-state index contributed by atoms with van der Waals surface area (Å²) < 4.78 is 5.30. The van der Waals surface area contributed by atoms with Crippen LogP contribution in [0, 0.1) is 0 Å². The number of nitrogens with one attached hydrogen (secondary N) is 1. The largest absolute Gasteiger partial charge is 0.445 e. The third-order valence-corrected chi connectivity index (χ3v) is 5.16. The zero-order valence-corrected chi connectivity index (χ0v) is 13.9. The van der Waals surface area contributed by atoms with E-state index in [1.165, 1.54) is 51.5 Å². The van der Waals surface area contributed by atoms with E-state index in [0.29, 0.717) is 19.2 Å². The normalized spacial score (nSPS) is 22.9. The van der Waals surface area contributed by atoms with Gasteiger partial charge in [-0.15, -0.1) is 0 Å². The third kappa shape index (κ3) is 4.71. The monoisotopic (exact) mass is 316 g/mol. The molecule has 0 unspecified atom stereocenters. The van der Waals surface area contributed by atoms with Gasteiger partial charge in [0.05, 0.1) is 0 Å². The molecule has 4 heteroatoms. The van der Waals surface area contributed by atoms with Crippen molar-refractivity contribution < 1.29 is 9.53 Å². The summed E-state index contributed by atoms with van der Waals surface area (Å²) in [6, 6.07) is 11.0. The fraction of sp³-hybridized carbons (Fsp3) is 0.632. The van der Waals surface area contributed by atoms with Gasteiger partial charge in [-0.3, -0.25) is 4.90 Å². The van der Waals surface area contributed by atoms with E-state index < -0.39 is 0 Å². The SMILES string of the molecule is O=C(NC[C@@H]1CCCN1C1CCCCC1)OCc1ccccc1. The number of likely N-dealkylation sites (tertiary alicyclic amines) is 1. The number of hydrogen-bond donors (Lipinski definition) is 1. The predicted molar refractivity (Wildman–Crippen MR) is 91.2 cm³/mol. The highest BCUT2D eigenvalue weighted by Gasteiger charge is 2.31. The number of rotatable bonds is 5. The molecule has 0 bridgehead atoms. The van der Waals surface area contributed by atoms with Gasteiger partial charge in [-0.05, 0) is 37.8 Å². The molecule has 1 saturated heterocycles. The van der Waals surface area contributed by atoms with Crippen molar-refractivity contribution >= 4 is 6.09 Å². The molecule has 1 atom stereocenters. The van der Waals surface area contributed by atoms with Gasteiger partial charge in [-0.2, -0.15) is 0 Å². The molecule has 4 nitrogen and oxygen atoms in total. The van der Waals surface area contributed by atoms with E-state index in [1.54, 1.807) is 0 Å². The van der Waals surface area contributed by atoms with E-state index in [4.69, 9.17) is 4.74 Å². The van der Waals surface area contributed by atoms with E-state index in [-0.39, 0.29) is 6.09 Å². The van der Waals surface area contributed by atoms with Gasteiger partial charge in [0.1, 0.15) is 6.61 Å². The van der Waals surface area contributed by atoms with E-state index in [1.807, 2.05) is 30.3 Å². The number of carbonyl (C=O) groups excluding carboxylic acids is 1. The van der Waals surface area contributed by atoms with Gasteiger partial charge in [0.25, 0.3) is 0 Å². The molecule has 1 N–H and O–H groups in total. The van der Waals surface area contributed by atoms with Gasteiger partial charge in [-0.1, -0.05) is 49.6 Å². The Hall–Kier alpha value is -1.55. The highest BCUT2D eigenvalue weighted by molar-refractivity contribution is 5.67. The number of amides is 1. The Balaban J connectivity index is 1.41. The van der Waals surface area contributed by atoms with Crippen molar-refractivity contribution in [2.75, 3.05) is 13.1 Å². The van der Waals surface area contributed by atoms with Crippen molar-refractivity contribution in [3.05, 3.63) is 35.9 Å². The number of hydrogen-bond acceptors (Lipinski definition) is 3. The zero-order chi connectivity index (χ0) is 15.9. The highest BCUT2D eigenvalue weighted by atomic mass is 16.5. The van der Waals surface area contributed by atoms with Crippen molar-refractivity contribution in [2.45, 2.75) is 63.6 Å². The van der Waals surface area contributed by atoms with Crippen LogP contribution in [-0.2, 0) is 11.3 Å². The lowest BCUT2D eigenvalue weighted by Crippen LogP contribution is -2.45. The summed E-state index contributed by atoms with van der Waals surface area (Å²) in [6.07, 6.45) is 8.91. The van der Waals surface area contributed by atoms with E-state index >= 15 is 0 Å². The lowest BCUT2D eigenvalue weighted by Gasteiger charge is -2.35. The molecule has 0 aromatic heterocycles. The van der Waals surface area contributed by atoms with E-state index in [9.17, 15) is 4.79 Å². The Morgan fingerprint density at radius 3 is 2.65 bits per heavy atom. The zero-order valence-electron chi connectivity index (χ0n) is 13.9. The summed E-state index contributed by atoms with van der Waals surface area (Å²) >= 11 is 0. The number of benzene rings is 1. The summed E-state index contributed by atoms with van der Waals surface area (Å²) in [5.74, 6) is 0. The average molecular weight is 316 g/mol. The van der Waals surface area contributed by atoms with Crippen molar-refractivity contribution in [2.24, 2.45) is 0 Å². The van der Waals surface area contributed by atoms with Crippen LogP contribution in [0.2, 0.25) is 0 Å². The first-order valence-electron chi connectivity index (χ1n) is 9.03. The van der Waals surface area contributed by atoms with Crippen LogP contribution in [0.25, 0.3) is 0 Å². The second kappa shape index (κ2) is 8.34. The molecule has 1 heterocycles. The van der Waals surface area contributed by atoms with Crippen LogP contribution in [0.4, 0.5) is 4.79 Å². The summed E-state index contributed by atoms with van der Waals surface area (Å²) in [5, 5.41) is 2.96. The maximum absolute atomic E-state index is 11.9. The van der Waals surface area contributed by atoms with Gasteiger partial charge in [0.15, 0.2) is 0 Å². The minimum Gasteiger partial charge on any atom is -0.445 e. The molecule has 0 radical (unpaired) electrons. The van der Waals surface area contributed by atoms with Crippen molar-refractivity contribution in [3.63, 3.8) is 0 Å². The average Bonchev–Trinajstić information content (AvgIpc) is 3.08. The van der Waals surface area contributed by atoms with Crippen LogP contribution in [-0.4, -0.2) is 36.2 Å². The van der Waals surface area contributed by atoms with Crippen molar-refractivity contribution in [1.82, 2.24) is 10.2 Å². The minimum atomic E-state index is -0.302. The first-order chi connectivity index (χ1) is 11.3. The van der Waals surface area contributed by atoms with Gasteiger partial charge in [0, 0.05) is 18.6 Å². The van der Waals surface area contributed by atoms with Gasteiger partial charge >= 0.3 is 6.09 Å². The summed E-state index contributed by atoms with van der Waals surface area (Å²) in [4.78, 5) is 14.5. The van der Waals surface area contributed by atoms with Crippen LogP contribution < -0.4 is 5.32 Å². The Bertz CT molecular complexity index is 485. The standard InChI is InChI=1S/C19H28N2O2/c22-19(23-15-16-8-3-1-4-9-16)20-14-18-12-7-13-21(18)17-10-5-2-6-11-17/h1,3-4,8-9,17-18H,2,5-7,10-15H2,(H,20,22)/t18-/m0/s1. The molecular formula is C19H28N2O2. The van der Waals surface area contributed by atoms with Crippen molar-refractivity contribution in [3.8, 4) is 0 Å². The molecule has 1 aromatic rings. The predicted octanol–water partition coefficient (Wildman–Crippen LogP) is 3.71. The van der Waals surface area contributed by atoms with E-state index in [2.05, 4.69) is 10.2 Å². The van der Waals surface area contributed by atoms with Gasteiger partial charge in [-0.25, -0.2) is 4.79 Å². The number of carbonyl (C=O) groups is 1. The summed E-state index contributed by atoms with van der Waals surface area (Å²) in [5.41, 5.74) is 1.02. The molecule has 1 aromatic carbocycles. The summed E-state index contributed by atoms with van der Waals surface area (Å²) in [6.45, 7) is 2.24. The number of nitrogens with zero attached hydrogens (tertiary/aromatic N) is 1.